The Labute approximate surface area is 112 Å². The number of carbonyl (C=O) groups is 2. The average Bonchev–Trinajstić information content (AvgIpc) is 2.23. The number of ether oxygens (including phenoxy) is 1. The van der Waals surface area contributed by atoms with E-state index in [-0.39, 0.29) is 6.09 Å². The van der Waals surface area contributed by atoms with E-state index < -0.39 is 17.2 Å². The highest BCUT2D eigenvalue weighted by molar-refractivity contribution is 5.72. The van der Waals surface area contributed by atoms with Crippen LogP contribution in [0.5, 0.6) is 0 Å². The number of likely N-dealkylation sites (tertiary alicyclic amines) is 1. The number of amides is 2. The van der Waals surface area contributed by atoms with Gasteiger partial charge in [-0.2, -0.15) is 0 Å². The van der Waals surface area contributed by atoms with Gasteiger partial charge in [-0.1, -0.05) is 0 Å². The Balaban J connectivity index is 1.96. The fourth-order valence-corrected chi connectivity index (χ4v) is 2.55. The van der Waals surface area contributed by atoms with E-state index in [1.165, 1.54) is 4.90 Å². The second-order valence-electron chi connectivity index (χ2n) is 6.17. The number of hydrogen-bond acceptors (Lipinski definition) is 4. The molecule has 7 heteroatoms. The number of carbonyl (C=O) groups excluding carboxylic acids is 1. The molecule has 0 aromatic carbocycles. The molecule has 0 saturated carbocycles. The van der Waals surface area contributed by atoms with E-state index in [1.54, 1.807) is 4.90 Å². The Morgan fingerprint density at radius 1 is 1.32 bits per heavy atom. The molecule has 0 bridgehead atoms. The van der Waals surface area contributed by atoms with Crippen LogP contribution >= 0.6 is 0 Å². The number of hydrogen-bond donors (Lipinski definition) is 2. The van der Waals surface area contributed by atoms with Gasteiger partial charge in [-0.3, -0.25) is 4.90 Å². The highest BCUT2D eigenvalue weighted by atomic mass is 16.6. The molecular formula is C12H21N3O4. The van der Waals surface area contributed by atoms with Gasteiger partial charge in [0.05, 0.1) is 18.6 Å². The number of rotatable bonds is 0. The average molecular weight is 271 g/mol. The van der Waals surface area contributed by atoms with Crippen molar-refractivity contribution < 1.29 is 19.4 Å². The lowest BCUT2D eigenvalue weighted by Gasteiger charge is -2.56. The number of nitrogens with zero attached hydrogens (tertiary/aromatic N) is 2. The molecule has 0 aromatic rings. The minimum atomic E-state index is -0.926. The minimum absolute atomic E-state index is 0.381. The summed E-state index contributed by atoms with van der Waals surface area (Å²) in [5.74, 6) is 0. The Hall–Kier alpha value is -1.50. The van der Waals surface area contributed by atoms with Crippen LogP contribution in [0.2, 0.25) is 0 Å². The third-order valence-electron chi connectivity index (χ3n) is 3.39. The van der Waals surface area contributed by atoms with E-state index in [0.29, 0.717) is 32.7 Å². The van der Waals surface area contributed by atoms with Crippen LogP contribution in [0.25, 0.3) is 0 Å². The number of nitrogens with one attached hydrogen (secondary N) is 1. The van der Waals surface area contributed by atoms with Crippen LogP contribution in [-0.2, 0) is 4.74 Å². The Morgan fingerprint density at radius 3 is 2.47 bits per heavy atom. The molecule has 7 nitrogen and oxygen atoms in total. The summed E-state index contributed by atoms with van der Waals surface area (Å²) in [7, 11) is 0. The SMILES string of the molecule is CC(C)(C)OC(=O)N1CC2(CNCCN2C(=O)O)C1. The fraction of sp³-hybridized carbons (Fsp3) is 0.833. The standard InChI is InChI=1S/C12H21N3O4/c1-11(2,3)19-10(18)14-7-12(8-14)6-13-4-5-15(12)9(16)17/h13H,4-8H2,1-3H3,(H,16,17). The van der Waals surface area contributed by atoms with Crippen molar-refractivity contribution in [2.75, 3.05) is 32.7 Å². The van der Waals surface area contributed by atoms with Crippen LogP contribution in [-0.4, -0.2) is 71.0 Å². The summed E-state index contributed by atoms with van der Waals surface area (Å²) in [5.41, 5.74) is -1.02. The molecule has 2 aliphatic heterocycles. The molecule has 19 heavy (non-hydrogen) atoms. The lowest BCUT2D eigenvalue weighted by Crippen LogP contribution is -2.78. The first-order chi connectivity index (χ1) is 8.73. The molecule has 0 aliphatic carbocycles. The highest BCUT2D eigenvalue weighted by Crippen LogP contribution is 2.30. The van der Waals surface area contributed by atoms with Gasteiger partial charge in [0, 0.05) is 19.6 Å². The molecule has 2 N–H and O–H groups in total. The smallest absolute Gasteiger partial charge is 0.410 e. The Bertz CT molecular complexity index is 385. The molecule has 108 valence electrons. The van der Waals surface area contributed by atoms with Gasteiger partial charge < -0.3 is 20.1 Å². The van der Waals surface area contributed by atoms with Crippen LogP contribution < -0.4 is 5.32 Å². The van der Waals surface area contributed by atoms with Crippen molar-refractivity contribution in [2.24, 2.45) is 0 Å². The van der Waals surface area contributed by atoms with Crippen molar-refractivity contribution in [3.05, 3.63) is 0 Å². The minimum Gasteiger partial charge on any atom is -0.465 e. The zero-order valence-electron chi connectivity index (χ0n) is 11.6. The molecule has 0 radical (unpaired) electrons. The van der Waals surface area contributed by atoms with E-state index in [0.717, 1.165) is 0 Å². The van der Waals surface area contributed by atoms with Gasteiger partial charge in [0.15, 0.2) is 0 Å². The van der Waals surface area contributed by atoms with E-state index in [1.807, 2.05) is 20.8 Å². The predicted octanol–water partition coefficient (Wildman–Crippen LogP) is 0.559. The molecule has 2 fully saturated rings. The van der Waals surface area contributed by atoms with Crippen molar-refractivity contribution in [1.82, 2.24) is 15.1 Å². The van der Waals surface area contributed by atoms with Crippen LogP contribution in [0.3, 0.4) is 0 Å². The van der Waals surface area contributed by atoms with Gasteiger partial charge in [-0.15, -0.1) is 0 Å². The second-order valence-corrected chi connectivity index (χ2v) is 6.17. The summed E-state index contributed by atoms with van der Waals surface area (Å²) >= 11 is 0. The summed E-state index contributed by atoms with van der Waals surface area (Å²) in [5, 5.41) is 12.4. The van der Waals surface area contributed by atoms with Crippen molar-refractivity contribution in [1.29, 1.82) is 0 Å². The van der Waals surface area contributed by atoms with Gasteiger partial charge in [0.2, 0.25) is 0 Å². The normalized spacial score (nSPS) is 22.1. The molecule has 2 aliphatic rings. The summed E-state index contributed by atoms with van der Waals surface area (Å²) in [4.78, 5) is 26.1. The summed E-state index contributed by atoms with van der Waals surface area (Å²) < 4.78 is 5.27. The van der Waals surface area contributed by atoms with Gasteiger partial charge in [-0.25, -0.2) is 9.59 Å². The van der Waals surface area contributed by atoms with Crippen molar-refractivity contribution in [2.45, 2.75) is 31.9 Å². The zero-order valence-corrected chi connectivity index (χ0v) is 11.6. The summed E-state index contributed by atoms with van der Waals surface area (Å²) in [6.45, 7) is 7.91. The summed E-state index contributed by atoms with van der Waals surface area (Å²) in [6, 6.07) is 0. The molecule has 2 amide bonds. The van der Waals surface area contributed by atoms with E-state index in [9.17, 15) is 14.7 Å². The predicted molar refractivity (Wildman–Crippen MR) is 68.1 cm³/mol. The molecular weight excluding hydrogens is 250 g/mol. The molecule has 2 saturated heterocycles. The third-order valence-corrected chi connectivity index (χ3v) is 3.39. The topological polar surface area (TPSA) is 82.1 Å². The van der Waals surface area contributed by atoms with Crippen LogP contribution in [0, 0.1) is 0 Å². The van der Waals surface area contributed by atoms with Crippen molar-refractivity contribution in [3.8, 4) is 0 Å². The maximum absolute atomic E-state index is 11.9. The number of carboxylic acid groups (broad SMARTS) is 1. The van der Waals surface area contributed by atoms with Gasteiger partial charge in [0.1, 0.15) is 5.60 Å². The highest BCUT2D eigenvalue weighted by Gasteiger charge is 2.53. The Kier molecular flexibility index (Phi) is 3.34. The molecule has 1 spiro atoms. The van der Waals surface area contributed by atoms with Gasteiger partial charge in [0.25, 0.3) is 0 Å². The molecule has 2 rings (SSSR count). The third kappa shape index (κ3) is 2.75. The molecule has 0 atom stereocenters. The number of piperazine rings is 1. The van der Waals surface area contributed by atoms with Gasteiger partial charge >= 0.3 is 12.2 Å². The summed E-state index contributed by atoms with van der Waals surface area (Å²) in [6.07, 6.45) is -1.31. The lowest BCUT2D eigenvalue weighted by atomic mass is 9.86. The van der Waals surface area contributed by atoms with E-state index in [2.05, 4.69) is 5.32 Å². The van der Waals surface area contributed by atoms with Crippen LogP contribution in [0.4, 0.5) is 9.59 Å². The van der Waals surface area contributed by atoms with E-state index >= 15 is 0 Å². The maximum atomic E-state index is 11.9. The van der Waals surface area contributed by atoms with E-state index in [4.69, 9.17) is 4.74 Å². The first-order valence-corrected chi connectivity index (χ1v) is 6.43. The lowest BCUT2D eigenvalue weighted by molar-refractivity contribution is -0.0637. The Morgan fingerprint density at radius 2 is 1.95 bits per heavy atom. The first-order valence-electron chi connectivity index (χ1n) is 6.43. The molecule has 0 aromatic heterocycles. The molecule has 0 unspecified atom stereocenters. The molecule has 2 heterocycles. The van der Waals surface area contributed by atoms with Crippen LogP contribution in [0.15, 0.2) is 0 Å². The monoisotopic (exact) mass is 271 g/mol. The van der Waals surface area contributed by atoms with Crippen LogP contribution in [0.1, 0.15) is 20.8 Å². The largest absolute Gasteiger partial charge is 0.465 e. The fourth-order valence-electron chi connectivity index (χ4n) is 2.55. The maximum Gasteiger partial charge on any atom is 0.410 e. The van der Waals surface area contributed by atoms with Gasteiger partial charge in [-0.05, 0) is 20.8 Å². The first kappa shape index (κ1) is 13.9. The zero-order chi connectivity index (χ0) is 14.3. The van der Waals surface area contributed by atoms with Crippen molar-refractivity contribution in [3.63, 3.8) is 0 Å². The van der Waals surface area contributed by atoms with Crippen molar-refractivity contribution >= 4 is 12.2 Å². The quantitative estimate of drug-likeness (QED) is 0.672. The second kappa shape index (κ2) is 4.56.